The third kappa shape index (κ3) is 4.28. The molecule has 0 fully saturated rings. The third-order valence-corrected chi connectivity index (χ3v) is 7.32. The first kappa shape index (κ1) is 24.6. The number of benzene rings is 2. The second-order valence-corrected chi connectivity index (χ2v) is 9.52. The first-order valence-corrected chi connectivity index (χ1v) is 13.7. The number of fused-ring (bicyclic) bond motifs is 3. The number of pyridine rings is 2. The first-order chi connectivity index (χ1) is 19.3. The molecule has 1 atom stereocenters. The number of allylic oxidation sites excluding steroid dienone is 5. The highest BCUT2D eigenvalue weighted by atomic mass is 15.2. The van der Waals surface area contributed by atoms with Gasteiger partial charge in [-0.2, -0.15) is 0 Å². The molecule has 2 aliphatic rings. The van der Waals surface area contributed by atoms with Gasteiger partial charge in [-0.15, -0.1) is 0 Å². The van der Waals surface area contributed by atoms with Crippen molar-refractivity contribution in [2.75, 3.05) is 4.90 Å². The van der Waals surface area contributed by atoms with E-state index in [9.17, 15) is 0 Å². The number of nitrogens with zero attached hydrogens (tertiary/aromatic N) is 4. The summed E-state index contributed by atoms with van der Waals surface area (Å²) in [4.78, 5) is 11.7. The highest BCUT2D eigenvalue weighted by Crippen LogP contribution is 2.51. The lowest BCUT2D eigenvalue weighted by molar-refractivity contribution is 0.918. The van der Waals surface area contributed by atoms with Gasteiger partial charge in [0.15, 0.2) is 0 Å². The molecular formula is C35H32N4. The van der Waals surface area contributed by atoms with Crippen LogP contribution in [0.1, 0.15) is 44.2 Å². The molecular weight excluding hydrogens is 476 g/mol. The largest absolute Gasteiger partial charge is 0.313 e. The van der Waals surface area contributed by atoms with Crippen molar-refractivity contribution in [2.24, 2.45) is 0 Å². The predicted octanol–water partition coefficient (Wildman–Crippen LogP) is 9.23. The average molecular weight is 509 g/mol. The number of anilines is 2. The summed E-state index contributed by atoms with van der Waals surface area (Å²) in [5.41, 5.74) is 9.47. The molecule has 7 rings (SSSR count). The first-order valence-electron chi connectivity index (χ1n) is 13.7. The van der Waals surface area contributed by atoms with E-state index in [-0.39, 0.29) is 5.92 Å². The van der Waals surface area contributed by atoms with Crippen LogP contribution in [0.15, 0.2) is 121 Å². The van der Waals surface area contributed by atoms with Crippen LogP contribution in [-0.2, 0) is 0 Å². The predicted molar refractivity (Wildman–Crippen MR) is 164 cm³/mol. The minimum absolute atomic E-state index is 0.250. The number of hydrogen-bond acceptors (Lipinski definition) is 3. The maximum Gasteiger partial charge on any atom is 0.137 e. The number of hydrogen-bond donors (Lipinski definition) is 0. The van der Waals surface area contributed by atoms with Crippen molar-refractivity contribution in [3.05, 3.63) is 133 Å². The van der Waals surface area contributed by atoms with Crippen molar-refractivity contribution in [1.82, 2.24) is 14.5 Å². The van der Waals surface area contributed by atoms with Crippen molar-refractivity contribution in [1.29, 1.82) is 0 Å². The standard InChI is InChI=1S/C33H26N4.C2H6/c1-23-29-16-8-3-2-7-14-27-32(23)30(37(29)26-12-5-4-6-13-26)21-24-18-20-36(33(24)27)31-17-9-15-28(35-31)25-11-10-19-34-22-25;1-2/h3-23H,2H2,1H3;1-2H3/b8-3-,14-7-,29-16+;. The molecule has 0 saturated heterocycles. The van der Waals surface area contributed by atoms with Crippen LogP contribution in [0.25, 0.3) is 34.1 Å². The summed E-state index contributed by atoms with van der Waals surface area (Å²) in [6, 6.07) is 25.4. The maximum absolute atomic E-state index is 5.04. The fraction of sp³-hybridized carbons (Fsp3) is 0.143. The van der Waals surface area contributed by atoms with Gasteiger partial charge in [-0.25, -0.2) is 4.98 Å². The summed E-state index contributed by atoms with van der Waals surface area (Å²) in [6.07, 6.45) is 17.9. The highest BCUT2D eigenvalue weighted by molar-refractivity contribution is 5.99. The Morgan fingerprint density at radius 3 is 2.59 bits per heavy atom. The SMILES string of the molecule is CC.CC1/C2=C\C=C/C/C=C\c3c1c(cc1ccn(-c4cccc(-c5cccnc5)n4)c31)N2c1ccccc1. The van der Waals surface area contributed by atoms with Gasteiger partial charge in [0.2, 0.25) is 0 Å². The Hall–Kier alpha value is -4.70. The van der Waals surface area contributed by atoms with Gasteiger partial charge >= 0.3 is 0 Å². The second-order valence-electron chi connectivity index (χ2n) is 9.52. The molecule has 1 aliphatic heterocycles. The van der Waals surface area contributed by atoms with Crippen molar-refractivity contribution in [3.63, 3.8) is 0 Å². The van der Waals surface area contributed by atoms with E-state index < -0.39 is 0 Å². The fourth-order valence-corrected chi connectivity index (χ4v) is 5.65. The second kappa shape index (κ2) is 10.6. The molecule has 1 unspecified atom stereocenters. The van der Waals surface area contributed by atoms with E-state index in [1.807, 2.05) is 38.2 Å². The van der Waals surface area contributed by atoms with Crippen LogP contribution in [0.3, 0.4) is 0 Å². The van der Waals surface area contributed by atoms with Gasteiger partial charge in [0.05, 0.1) is 16.9 Å². The van der Waals surface area contributed by atoms with Crippen LogP contribution >= 0.6 is 0 Å². The lowest BCUT2D eigenvalue weighted by atomic mass is 9.92. The van der Waals surface area contributed by atoms with E-state index in [4.69, 9.17) is 4.98 Å². The fourth-order valence-electron chi connectivity index (χ4n) is 5.65. The Morgan fingerprint density at radius 2 is 1.77 bits per heavy atom. The van der Waals surface area contributed by atoms with Gasteiger partial charge in [0, 0.05) is 52.4 Å². The maximum atomic E-state index is 5.04. The van der Waals surface area contributed by atoms with Crippen LogP contribution in [0.2, 0.25) is 0 Å². The molecule has 4 heterocycles. The minimum Gasteiger partial charge on any atom is -0.313 e. The molecule has 5 aromatic rings. The van der Waals surface area contributed by atoms with Gasteiger partial charge in [0.1, 0.15) is 5.82 Å². The number of para-hydroxylation sites is 1. The number of rotatable bonds is 3. The van der Waals surface area contributed by atoms with E-state index >= 15 is 0 Å². The average Bonchev–Trinajstić information content (AvgIpc) is 3.54. The monoisotopic (exact) mass is 508 g/mol. The highest BCUT2D eigenvalue weighted by Gasteiger charge is 2.35. The van der Waals surface area contributed by atoms with E-state index in [1.165, 1.54) is 39.1 Å². The summed E-state index contributed by atoms with van der Waals surface area (Å²) in [6.45, 7) is 6.32. The van der Waals surface area contributed by atoms with Gasteiger partial charge in [0.25, 0.3) is 0 Å². The van der Waals surface area contributed by atoms with Crippen molar-refractivity contribution in [2.45, 2.75) is 33.1 Å². The zero-order chi connectivity index (χ0) is 26.8. The number of aromatic nitrogens is 3. The van der Waals surface area contributed by atoms with Crippen molar-refractivity contribution in [3.8, 4) is 17.1 Å². The Balaban J connectivity index is 0.00000135. The molecule has 0 radical (unpaired) electrons. The molecule has 192 valence electrons. The van der Waals surface area contributed by atoms with E-state index in [2.05, 4.69) is 113 Å². The summed E-state index contributed by atoms with van der Waals surface area (Å²) >= 11 is 0. The normalized spacial score (nSPS) is 18.6. The summed E-state index contributed by atoms with van der Waals surface area (Å²) in [5, 5.41) is 1.20. The molecule has 0 spiro atoms. The molecule has 2 aromatic carbocycles. The van der Waals surface area contributed by atoms with E-state index in [0.29, 0.717) is 0 Å². The zero-order valence-corrected chi connectivity index (χ0v) is 22.6. The van der Waals surface area contributed by atoms with Crippen LogP contribution < -0.4 is 4.90 Å². The van der Waals surface area contributed by atoms with E-state index in [0.717, 1.165) is 23.5 Å². The Labute approximate surface area is 230 Å². The molecule has 4 heteroatoms. The Bertz CT molecular complexity index is 1710. The summed E-state index contributed by atoms with van der Waals surface area (Å²) in [7, 11) is 0. The van der Waals surface area contributed by atoms with Crippen LogP contribution in [0.5, 0.6) is 0 Å². The molecule has 0 amide bonds. The zero-order valence-electron chi connectivity index (χ0n) is 22.6. The summed E-state index contributed by atoms with van der Waals surface area (Å²) in [5.74, 6) is 1.15. The molecule has 3 aromatic heterocycles. The quantitative estimate of drug-likeness (QED) is 0.244. The van der Waals surface area contributed by atoms with Gasteiger partial charge < -0.3 is 9.47 Å². The van der Waals surface area contributed by atoms with Crippen LogP contribution in [0.4, 0.5) is 11.4 Å². The molecule has 2 bridgehead atoms. The molecule has 39 heavy (non-hydrogen) atoms. The Morgan fingerprint density at radius 1 is 0.897 bits per heavy atom. The van der Waals surface area contributed by atoms with Crippen LogP contribution in [-0.4, -0.2) is 14.5 Å². The smallest absolute Gasteiger partial charge is 0.137 e. The molecule has 0 saturated carbocycles. The van der Waals surface area contributed by atoms with Gasteiger partial charge in [-0.05, 0) is 66.6 Å². The van der Waals surface area contributed by atoms with Crippen molar-refractivity contribution >= 4 is 28.4 Å². The van der Waals surface area contributed by atoms with Gasteiger partial charge in [-0.1, -0.05) is 69.3 Å². The lowest BCUT2D eigenvalue weighted by Crippen LogP contribution is -2.12. The minimum atomic E-state index is 0.250. The van der Waals surface area contributed by atoms with Crippen molar-refractivity contribution < 1.29 is 0 Å². The molecule has 1 aliphatic carbocycles. The van der Waals surface area contributed by atoms with E-state index in [1.54, 1.807) is 6.20 Å². The third-order valence-electron chi connectivity index (χ3n) is 7.32. The topological polar surface area (TPSA) is 34.0 Å². The van der Waals surface area contributed by atoms with Gasteiger partial charge in [-0.3, -0.25) is 4.98 Å². The molecule has 0 N–H and O–H groups in total. The van der Waals surface area contributed by atoms with Crippen LogP contribution in [0, 0.1) is 0 Å². The Kier molecular flexibility index (Phi) is 6.68. The molecule has 4 nitrogen and oxygen atoms in total. The summed E-state index contributed by atoms with van der Waals surface area (Å²) < 4.78 is 2.23. The lowest BCUT2D eigenvalue weighted by Gasteiger charge is -2.23.